The van der Waals surface area contributed by atoms with Gasteiger partial charge in [0.05, 0.1) is 12.2 Å². The van der Waals surface area contributed by atoms with Crippen molar-refractivity contribution >= 4 is 5.97 Å². The van der Waals surface area contributed by atoms with Gasteiger partial charge in [-0.2, -0.15) is 0 Å². The second-order valence-electron chi connectivity index (χ2n) is 8.33. The SMILES string of the molecule is CCCCCCCCC(CCCCCC)CC(=O)O.OC1CCC(O)CC1. The number of aliphatic hydroxyl groups is 2. The monoisotopic (exact) mass is 386 g/mol. The van der Waals surface area contributed by atoms with Crippen LogP contribution in [0.3, 0.4) is 0 Å². The van der Waals surface area contributed by atoms with Crippen LogP contribution in [0.4, 0.5) is 0 Å². The third kappa shape index (κ3) is 18.5. The Balaban J connectivity index is 0.000000694. The fraction of sp³-hybridized carbons (Fsp3) is 0.957. The van der Waals surface area contributed by atoms with E-state index in [1.165, 1.54) is 64.2 Å². The van der Waals surface area contributed by atoms with E-state index < -0.39 is 5.97 Å². The minimum Gasteiger partial charge on any atom is -0.481 e. The van der Waals surface area contributed by atoms with Crippen LogP contribution in [0.2, 0.25) is 0 Å². The molecule has 0 aromatic heterocycles. The number of rotatable bonds is 14. The normalized spacial score (nSPS) is 20.6. The maximum absolute atomic E-state index is 10.9. The first kappa shape index (κ1) is 26.4. The number of carbonyl (C=O) groups is 1. The van der Waals surface area contributed by atoms with E-state index in [0.29, 0.717) is 12.3 Å². The molecular formula is C23H46O4. The van der Waals surface area contributed by atoms with Gasteiger partial charge in [0.15, 0.2) is 0 Å². The molecule has 3 N–H and O–H groups in total. The second-order valence-corrected chi connectivity index (χ2v) is 8.33. The first-order valence-corrected chi connectivity index (χ1v) is 11.6. The van der Waals surface area contributed by atoms with Gasteiger partial charge in [-0.3, -0.25) is 4.79 Å². The largest absolute Gasteiger partial charge is 0.481 e. The Hall–Kier alpha value is -0.610. The van der Waals surface area contributed by atoms with Gasteiger partial charge < -0.3 is 15.3 Å². The molecule has 0 aliphatic heterocycles. The van der Waals surface area contributed by atoms with Gasteiger partial charge in [0.25, 0.3) is 0 Å². The van der Waals surface area contributed by atoms with Crippen molar-refractivity contribution < 1.29 is 20.1 Å². The third-order valence-electron chi connectivity index (χ3n) is 5.56. The quantitative estimate of drug-likeness (QED) is 0.316. The Kier molecular flexibility index (Phi) is 18.3. The van der Waals surface area contributed by atoms with Crippen molar-refractivity contribution in [2.75, 3.05) is 0 Å². The molecule has 4 nitrogen and oxygen atoms in total. The smallest absolute Gasteiger partial charge is 0.303 e. The predicted octanol–water partition coefficient (Wildman–Crippen LogP) is 6.08. The zero-order valence-corrected chi connectivity index (χ0v) is 18.0. The van der Waals surface area contributed by atoms with Gasteiger partial charge in [-0.1, -0.05) is 78.1 Å². The fourth-order valence-corrected chi connectivity index (χ4v) is 3.73. The van der Waals surface area contributed by atoms with Gasteiger partial charge in [-0.15, -0.1) is 0 Å². The summed E-state index contributed by atoms with van der Waals surface area (Å²) in [6, 6.07) is 0. The number of unbranched alkanes of at least 4 members (excludes halogenated alkanes) is 8. The minimum atomic E-state index is -0.619. The Morgan fingerprint density at radius 1 is 0.741 bits per heavy atom. The summed E-state index contributed by atoms with van der Waals surface area (Å²) in [5.41, 5.74) is 0. The predicted molar refractivity (Wildman–Crippen MR) is 113 cm³/mol. The summed E-state index contributed by atoms with van der Waals surface area (Å²) in [6.07, 6.45) is 18.3. The molecule has 0 amide bonds. The van der Waals surface area contributed by atoms with Crippen LogP contribution in [0.5, 0.6) is 0 Å². The first-order chi connectivity index (χ1) is 13.0. The highest BCUT2D eigenvalue weighted by Gasteiger charge is 2.16. The maximum Gasteiger partial charge on any atom is 0.303 e. The molecule has 0 saturated heterocycles. The Bertz CT molecular complexity index is 314. The van der Waals surface area contributed by atoms with Crippen molar-refractivity contribution in [1.82, 2.24) is 0 Å². The molecule has 1 saturated carbocycles. The fourth-order valence-electron chi connectivity index (χ4n) is 3.73. The van der Waals surface area contributed by atoms with Crippen LogP contribution in [-0.4, -0.2) is 33.5 Å². The van der Waals surface area contributed by atoms with Crippen LogP contribution in [0.25, 0.3) is 0 Å². The average molecular weight is 387 g/mol. The van der Waals surface area contributed by atoms with Crippen LogP contribution in [0.1, 0.15) is 123 Å². The lowest BCUT2D eigenvalue weighted by Crippen LogP contribution is -2.21. The van der Waals surface area contributed by atoms with Crippen molar-refractivity contribution in [3.05, 3.63) is 0 Å². The van der Waals surface area contributed by atoms with Crippen LogP contribution in [-0.2, 0) is 4.79 Å². The summed E-state index contributed by atoms with van der Waals surface area (Å²) in [5.74, 6) is -0.202. The van der Waals surface area contributed by atoms with Crippen molar-refractivity contribution in [3.63, 3.8) is 0 Å². The molecule has 1 aliphatic carbocycles. The van der Waals surface area contributed by atoms with Gasteiger partial charge in [0.2, 0.25) is 0 Å². The van der Waals surface area contributed by atoms with E-state index in [9.17, 15) is 4.79 Å². The van der Waals surface area contributed by atoms with Crippen LogP contribution >= 0.6 is 0 Å². The highest BCUT2D eigenvalue weighted by atomic mass is 16.4. The van der Waals surface area contributed by atoms with E-state index in [0.717, 1.165) is 38.5 Å². The third-order valence-corrected chi connectivity index (χ3v) is 5.56. The average Bonchev–Trinajstić information content (AvgIpc) is 2.64. The lowest BCUT2D eigenvalue weighted by atomic mass is 9.91. The molecule has 0 aromatic rings. The summed E-state index contributed by atoms with van der Waals surface area (Å²) in [4.78, 5) is 10.9. The van der Waals surface area contributed by atoms with E-state index in [1.54, 1.807) is 0 Å². The topological polar surface area (TPSA) is 77.8 Å². The van der Waals surface area contributed by atoms with Gasteiger partial charge in [-0.05, 0) is 44.4 Å². The molecular weight excluding hydrogens is 340 g/mol. The van der Waals surface area contributed by atoms with E-state index >= 15 is 0 Å². The summed E-state index contributed by atoms with van der Waals surface area (Å²) in [7, 11) is 0. The van der Waals surface area contributed by atoms with Gasteiger partial charge in [-0.25, -0.2) is 0 Å². The number of aliphatic hydroxyl groups excluding tert-OH is 2. The van der Waals surface area contributed by atoms with Crippen molar-refractivity contribution in [3.8, 4) is 0 Å². The van der Waals surface area contributed by atoms with E-state index in [2.05, 4.69) is 13.8 Å². The highest BCUT2D eigenvalue weighted by molar-refractivity contribution is 5.66. The molecule has 1 aliphatic rings. The zero-order valence-electron chi connectivity index (χ0n) is 18.0. The molecule has 0 radical (unpaired) electrons. The van der Waals surface area contributed by atoms with Crippen molar-refractivity contribution in [2.45, 2.75) is 135 Å². The zero-order chi connectivity index (χ0) is 20.3. The van der Waals surface area contributed by atoms with E-state index in [1.807, 2.05) is 0 Å². The molecule has 1 unspecified atom stereocenters. The molecule has 0 aromatic carbocycles. The first-order valence-electron chi connectivity index (χ1n) is 11.6. The summed E-state index contributed by atoms with van der Waals surface area (Å²) < 4.78 is 0. The van der Waals surface area contributed by atoms with Crippen LogP contribution < -0.4 is 0 Å². The van der Waals surface area contributed by atoms with Gasteiger partial charge in [0, 0.05) is 6.42 Å². The highest BCUT2D eigenvalue weighted by Crippen LogP contribution is 2.22. The minimum absolute atomic E-state index is 0.140. The van der Waals surface area contributed by atoms with Crippen LogP contribution in [0.15, 0.2) is 0 Å². The van der Waals surface area contributed by atoms with Gasteiger partial charge >= 0.3 is 5.97 Å². The Morgan fingerprint density at radius 2 is 1.11 bits per heavy atom. The number of hydrogen-bond acceptors (Lipinski definition) is 3. The summed E-state index contributed by atoms with van der Waals surface area (Å²) >= 11 is 0. The number of carboxylic acid groups (broad SMARTS) is 1. The molecule has 4 heteroatoms. The molecule has 1 atom stereocenters. The molecule has 0 spiro atoms. The molecule has 27 heavy (non-hydrogen) atoms. The Labute approximate surface area is 167 Å². The summed E-state index contributed by atoms with van der Waals surface area (Å²) in [6.45, 7) is 4.45. The number of hydrogen-bond donors (Lipinski definition) is 3. The molecule has 1 fully saturated rings. The van der Waals surface area contributed by atoms with E-state index in [-0.39, 0.29) is 12.2 Å². The van der Waals surface area contributed by atoms with E-state index in [4.69, 9.17) is 15.3 Å². The molecule has 0 heterocycles. The van der Waals surface area contributed by atoms with Crippen molar-refractivity contribution in [1.29, 1.82) is 0 Å². The lowest BCUT2D eigenvalue weighted by molar-refractivity contribution is -0.138. The van der Waals surface area contributed by atoms with Crippen molar-refractivity contribution in [2.24, 2.45) is 5.92 Å². The summed E-state index contributed by atoms with van der Waals surface area (Å²) in [5, 5.41) is 26.8. The standard InChI is InChI=1S/C17H34O2.C6H12O2/c1-3-5-7-9-10-12-14-16(15-17(18)19)13-11-8-6-4-2;7-5-1-2-6(8)4-3-5/h16H,3-15H2,1-2H3,(H,18,19);5-8H,1-4H2. The molecule has 1 rings (SSSR count). The molecule has 0 bridgehead atoms. The maximum atomic E-state index is 10.9. The molecule has 162 valence electrons. The second kappa shape index (κ2) is 18.7. The number of carboxylic acids is 1. The van der Waals surface area contributed by atoms with Crippen LogP contribution in [0, 0.1) is 5.92 Å². The van der Waals surface area contributed by atoms with Gasteiger partial charge in [0.1, 0.15) is 0 Å². The lowest BCUT2D eigenvalue weighted by Gasteiger charge is -2.20. The Morgan fingerprint density at radius 3 is 1.52 bits per heavy atom. The number of aliphatic carboxylic acids is 1.